The van der Waals surface area contributed by atoms with E-state index in [1.54, 1.807) is 11.7 Å². The summed E-state index contributed by atoms with van der Waals surface area (Å²) < 4.78 is 5.83. The molecule has 0 unspecified atom stereocenters. The molecule has 0 saturated carbocycles. The van der Waals surface area contributed by atoms with Gasteiger partial charge >= 0.3 is 0 Å². The number of aromatic nitrogens is 8. The first-order valence-corrected chi connectivity index (χ1v) is 10.3. The number of tetrazole rings is 1. The Balaban J connectivity index is 1.53. The smallest absolute Gasteiger partial charge is 0.272 e. The van der Waals surface area contributed by atoms with Crippen molar-refractivity contribution >= 4 is 39.1 Å². The van der Waals surface area contributed by atoms with Crippen molar-refractivity contribution in [3.05, 3.63) is 57.5 Å². The summed E-state index contributed by atoms with van der Waals surface area (Å²) in [5.74, 6) is 1.76. The van der Waals surface area contributed by atoms with Crippen LogP contribution in [0.25, 0.3) is 21.7 Å². The lowest BCUT2D eigenvalue weighted by Gasteiger charge is -2.06. The Labute approximate surface area is 166 Å². The number of thioether (sulfide) groups is 1. The first kappa shape index (κ1) is 17.1. The Bertz CT molecular complexity index is 1380. The van der Waals surface area contributed by atoms with E-state index in [0.29, 0.717) is 21.4 Å². The third kappa shape index (κ3) is 2.62. The van der Waals surface area contributed by atoms with Gasteiger partial charge in [-0.15, -0.1) is 26.6 Å². The van der Waals surface area contributed by atoms with Gasteiger partial charge in [-0.1, -0.05) is 23.9 Å². The normalized spacial score (nSPS) is 11.6. The van der Waals surface area contributed by atoms with Crippen molar-refractivity contribution in [2.75, 3.05) is 0 Å². The number of hydrogen-bond donors (Lipinski definition) is 0. The molecule has 4 aromatic heterocycles. The highest BCUT2D eigenvalue weighted by Crippen LogP contribution is 2.25. The second-order valence-electron chi connectivity index (χ2n) is 6.25. The van der Waals surface area contributed by atoms with E-state index in [1.807, 2.05) is 47.0 Å². The summed E-state index contributed by atoms with van der Waals surface area (Å²) in [7, 11) is 1.71. The SMILES string of the molecule is Cc1cccc(-n2nnnc2SCc2nnc3n(C)c(=O)c4sccc4n23)c1. The highest BCUT2D eigenvalue weighted by atomic mass is 32.2. The van der Waals surface area contributed by atoms with Crippen molar-refractivity contribution in [2.45, 2.75) is 17.8 Å². The number of fused-ring (bicyclic) bond motifs is 3. The second kappa shape index (κ2) is 6.53. The molecule has 0 radical (unpaired) electrons. The van der Waals surface area contributed by atoms with E-state index < -0.39 is 0 Å². The predicted octanol–water partition coefficient (Wildman–Crippen LogP) is 2.22. The van der Waals surface area contributed by atoms with Crippen molar-refractivity contribution in [3.63, 3.8) is 0 Å². The van der Waals surface area contributed by atoms with Gasteiger partial charge in [0.25, 0.3) is 5.56 Å². The fourth-order valence-corrected chi connectivity index (χ4v) is 4.72. The standard InChI is InChI=1S/C17H14N8OS2/c1-10-4-3-5-11(8-10)25-17(20-21-22-25)28-9-13-18-19-16-23(2)15(26)14-12(24(13)16)6-7-27-14/h3-8H,9H2,1-2H3. The molecule has 0 spiro atoms. The van der Waals surface area contributed by atoms with Crippen LogP contribution in [0.15, 0.2) is 45.7 Å². The molecular formula is C17H14N8OS2. The summed E-state index contributed by atoms with van der Waals surface area (Å²) in [6, 6.07) is 9.91. The summed E-state index contributed by atoms with van der Waals surface area (Å²) >= 11 is 2.89. The van der Waals surface area contributed by atoms with E-state index in [1.165, 1.54) is 27.7 Å². The lowest BCUT2D eigenvalue weighted by molar-refractivity contribution is 0.755. The van der Waals surface area contributed by atoms with Crippen LogP contribution in [0.1, 0.15) is 11.4 Å². The van der Waals surface area contributed by atoms with E-state index in [4.69, 9.17) is 0 Å². The van der Waals surface area contributed by atoms with E-state index in [9.17, 15) is 4.79 Å². The summed E-state index contributed by atoms with van der Waals surface area (Å²) in [4.78, 5) is 12.4. The van der Waals surface area contributed by atoms with Crippen LogP contribution >= 0.6 is 23.1 Å². The summed E-state index contributed by atoms with van der Waals surface area (Å²) in [5.41, 5.74) is 2.80. The first-order chi connectivity index (χ1) is 13.6. The monoisotopic (exact) mass is 410 g/mol. The van der Waals surface area contributed by atoms with Crippen LogP contribution in [0, 0.1) is 6.92 Å². The Hall–Kier alpha value is -3.05. The minimum Gasteiger partial charge on any atom is -0.279 e. The Morgan fingerprint density at radius 2 is 2.07 bits per heavy atom. The second-order valence-corrected chi connectivity index (χ2v) is 8.11. The van der Waals surface area contributed by atoms with E-state index >= 15 is 0 Å². The molecular weight excluding hydrogens is 396 g/mol. The number of benzene rings is 1. The molecule has 0 fully saturated rings. The Kier molecular flexibility index (Phi) is 3.98. The average molecular weight is 410 g/mol. The average Bonchev–Trinajstić information content (AvgIpc) is 3.42. The number of hydrogen-bond acceptors (Lipinski definition) is 8. The Morgan fingerprint density at radius 1 is 1.18 bits per heavy atom. The van der Waals surface area contributed by atoms with E-state index in [0.717, 1.165) is 22.6 Å². The summed E-state index contributed by atoms with van der Waals surface area (Å²) in [6.45, 7) is 2.03. The van der Waals surface area contributed by atoms with Gasteiger partial charge in [0.2, 0.25) is 10.9 Å². The van der Waals surface area contributed by atoms with Crippen molar-refractivity contribution in [2.24, 2.45) is 7.05 Å². The molecule has 0 amide bonds. The fourth-order valence-electron chi connectivity index (χ4n) is 3.07. The molecule has 140 valence electrons. The third-order valence-corrected chi connectivity index (χ3v) is 6.22. The lowest BCUT2D eigenvalue weighted by Crippen LogP contribution is -2.19. The van der Waals surface area contributed by atoms with Crippen LogP contribution in [-0.2, 0) is 12.8 Å². The molecule has 0 aliphatic carbocycles. The maximum atomic E-state index is 12.4. The van der Waals surface area contributed by atoms with Crippen molar-refractivity contribution < 1.29 is 0 Å². The topological polar surface area (TPSA) is 95.8 Å². The van der Waals surface area contributed by atoms with Gasteiger partial charge in [0, 0.05) is 7.05 Å². The third-order valence-electron chi connectivity index (χ3n) is 4.41. The maximum absolute atomic E-state index is 12.4. The zero-order valence-corrected chi connectivity index (χ0v) is 16.6. The molecule has 4 heterocycles. The van der Waals surface area contributed by atoms with Gasteiger partial charge in [0.1, 0.15) is 10.5 Å². The van der Waals surface area contributed by atoms with Crippen LogP contribution in [-0.4, -0.2) is 39.4 Å². The largest absolute Gasteiger partial charge is 0.279 e. The Morgan fingerprint density at radius 3 is 2.93 bits per heavy atom. The molecule has 0 N–H and O–H groups in total. The van der Waals surface area contributed by atoms with Gasteiger partial charge in [0.05, 0.1) is 17.0 Å². The molecule has 5 aromatic rings. The highest BCUT2D eigenvalue weighted by molar-refractivity contribution is 7.98. The molecule has 1 aromatic carbocycles. The molecule has 0 aliphatic rings. The number of nitrogens with zero attached hydrogens (tertiary/aromatic N) is 8. The van der Waals surface area contributed by atoms with E-state index in [-0.39, 0.29) is 5.56 Å². The van der Waals surface area contributed by atoms with Gasteiger partial charge < -0.3 is 0 Å². The minimum atomic E-state index is -0.0625. The molecule has 11 heteroatoms. The van der Waals surface area contributed by atoms with Crippen LogP contribution in [0.4, 0.5) is 0 Å². The van der Waals surface area contributed by atoms with Crippen molar-refractivity contribution in [1.82, 2.24) is 39.4 Å². The molecule has 0 aliphatic heterocycles. The van der Waals surface area contributed by atoms with Crippen LogP contribution in [0.5, 0.6) is 0 Å². The number of rotatable bonds is 4. The first-order valence-electron chi connectivity index (χ1n) is 8.42. The number of aryl methyl sites for hydroxylation is 2. The van der Waals surface area contributed by atoms with Crippen LogP contribution < -0.4 is 5.56 Å². The van der Waals surface area contributed by atoms with Crippen LogP contribution in [0.3, 0.4) is 0 Å². The minimum absolute atomic E-state index is 0.0625. The number of thiophene rings is 1. The zero-order valence-electron chi connectivity index (χ0n) is 15.0. The van der Waals surface area contributed by atoms with Crippen molar-refractivity contribution in [1.29, 1.82) is 0 Å². The van der Waals surface area contributed by atoms with Gasteiger partial charge in [-0.05, 0) is 46.5 Å². The molecule has 9 nitrogen and oxygen atoms in total. The molecule has 0 saturated heterocycles. The van der Waals surface area contributed by atoms with E-state index in [2.05, 4.69) is 25.7 Å². The van der Waals surface area contributed by atoms with Gasteiger partial charge in [-0.3, -0.25) is 13.8 Å². The molecule has 0 atom stereocenters. The van der Waals surface area contributed by atoms with Gasteiger partial charge in [-0.25, -0.2) is 0 Å². The van der Waals surface area contributed by atoms with Crippen LogP contribution in [0.2, 0.25) is 0 Å². The fraction of sp³-hybridized carbons (Fsp3) is 0.176. The predicted molar refractivity (Wildman–Crippen MR) is 107 cm³/mol. The molecule has 5 rings (SSSR count). The molecule has 28 heavy (non-hydrogen) atoms. The zero-order chi connectivity index (χ0) is 19.3. The molecule has 0 bridgehead atoms. The summed E-state index contributed by atoms with van der Waals surface area (Å²) in [6.07, 6.45) is 0. The van der Waals surface area contributed by atoms with Gasteiger partial charge in [0.15, 0.2) is 0 Å². The maximum Gasteiger partial charge on any atom is 0.272 e. The lowest BCUT2D eigenvalue weighted by atomic mass is 10.2. The summed E-state index contributed by atoms with van der Waals surface area (Å²) in [5, 5.41) is 23.1. The van der Waals surface area contributed by atoms with Gasteiger partial charge in [-0.2, -0.15) is 4.68 Å². The quantitative estimate of drug-likeness (QED) is 0.419. The highest BCUT2D eigenvalue weighted by Gasteiger charge is 2.17. The van der Waals surface area contributed by atoms with Crippen molar-refractivity contribution in [3.8, 4) is 5.69 Å².